The van der Waals surface area contributed by atoms with Crippen molar-refractivity contribution in [3.63, 3.8) is 0 Å². The van der Waals surface area contributed by atoms with Crippen molar-refractivity contribution in [1.82, 2.24) is 0 Å². The molecule has 1 rings (SSSR count). The van der Waals surface area contributed by atoms with Crippen molar-refractivity contribution in [3.05, 3.63) is 33.3 Å². The Bertz CT molecular complexity index is 298. The average molecular weight is 234 g/mol. The van der Waals surface area contributed by atoms with Gasteiger partial charge in [0.2, 0.25) is 0 Å². The molecule has 1 aromatic rings. The van der Waals surface area contributed by atoms with Crippen LogP contribution >= 0.6 is 27.5 Å². The first-order valence-electron chi connectivity index (χ1n) is 2.77. The highest BCUT2D eigenvalue weighted by molar-refractivity contribution is 9.10. The van der Waals surface area contributed by atoms with E-state index in [9.17, 15) is 9.90 Å². The number of carboxylic acids is 1. The van der Waals surface area contributed by atoms with Crippen LogP contribution in [-0.4, -0.2) is 5.97 Å². The minimum atomic E-state index is -1.24. The molecule has 0 saturated carbocycles. The Morgan fingerprint density at radius 2 is 2.18 bits per heavy atom. The van der Waals surface area contributed by atoms with E-state index in [-0.39, 0.29) is 5.56 Å². The normalized spacial score (nSPS) is 9.64. The zero-order valence-electron chi connectivity index (χ0n) is 5.30. The van der Waals surface area contributed by atoms with E-state index in [4.69, 9.17) is 11.6 Å². The van der Waals surface area contributed by atoms with Crippen LogP contribution in [0.1, 0.15) is 10.4 Å². The molecule has 0 spiro atoms. The smallest absolute Gasteiger partial charge is 0.0727 e. The summed E-state index contributed by atoms with van der Waals surface area (Å²) in [6, 6.07) is 4.49. The summed E-state index contributed by atoms with van der Waals surface area (Å²) in [6.45, 7) is 0. The highest BCUT2D eigenvalue weighted by atomic mass is 79.9. The maximum atomic E-state index is 10.4. The minimum Gasteiger partial charge on any atom is -0.545 e. The van der Waals surface area contributed by atoms with E-state index in [0.29, 0.717) is 9.50 Å². The van der Waals surface area contributed by atoms with E-state index in [2.05, 4.69) is 15.9 Å². The third kappa shape index (κ3) is 1.94. The Labute approximate surface area is 76.9 Å². The maximum absolute atomic E-state index is 10.4. The average Bonchev–Trinajstić information content (AvgIpc) is 1.94. The zero-order valence-corrected chi connectivity index (χ0v) is 7.65. The second kappa shape index (κ2) is 3.24. The fraction of sp³-hybridized carbons (Fsp3) is 0. The Morgan fingerprint density at radius 3 is 2.64 bits per heavy atom. The van der Waals surface area contributed by atoms with Crippen molar-refractivity contribution in [1.29, 1.82) is 0 Å². The lowest BCUT2D eigenvalue weighted by molar-refractivity contribution is -0.255. The van der Waals surface area contributed by atoms with Crippen LogP contribution in [0.4, 0.5) is 0 Å². The van der Waals surface area contributed by atoms with E-state index >= 15 is 0 Å². The van der Waals surface area contributed by atoms with Crippen LogP contribution in [-0.2, 0) is 0 Å². The van der Waals surface area contributed by atoms with Crippen LogP contribution in [0.5, 0.6) is 0 Å². The third-order valence-corrected chi connectivity index (χ3v) is 2.07. The molecule has 0 unspecified atom stereocenters. The van der Waals surface area contributed by atoms with Gasteiger partial charge in [-0.15, -0.1) is 0 Å². The van der Waals surface area contributed by atoms with E-state index in [1.54, 1.807) is 12.1 Å². The van der Waals surface area contributed by atoms with Crippen LogP contribution in [0.3, 0.4) is 0 Å². The van der Waals surface area contributed by atoms with Crippen LogP contribution < -0.4 is 5.11 Å². The highest BCUT2D eigenvalue weighted by Crippen LogP contribution is 2.20. The van der Waals surface area contributed by atoms with Crippen molar-refractivity contribution < 1.29 is 9.90 Å². The lowest BCUT2D eigenvalue weighted by atomic mass is 10.2. The van der Waals surface area contributed by atoms with Gasteiger partial charge in [-0.3, -0.25) is 0 Å². The number of hydrogen-bond acceptors (Lipinski definition) is 2. The van der Waals surface area contributed by atoms with Crippen LogP contribution in [0.25, 0.3) is 0 Å². The fourth-order valence-electron chi connectivity index (χ4n) is 0.654. The molecular weight excluding hydrogens is 231 g/mol. The standard InChI is InChI=1S/C7H4BrClO2/c8-6-2-1-4(9)3-5(6)7(10)11/h1-3H,(H,10,11)/p-1. The first-order chi connectivity index (χ1) is 5.11. The molecule has 0 aromatic heterocycles. The molecule has 58 valence electrons. The Kier molecular flexibility index (Phi) is 2.52. The first kappa shape index (κ1) is 8.56. The molecule has 0 amide bonds. The molecular formula is C7H3BrClO2-. The Balaban J connectivity index is 3.23. The molecule has 11 heavy (non-hydrogen) atoms. The molecule has 0 N–H and O–H groups in total. The molecule has 0 atom stereocenters. The minimum absolute atomic E-state index is 0.0671. The number of carbonyl (C=O) groups is 1. The summed E-state index contributed by atoms with van der Waals surface area (Å²) in [5.41, 5.74) is 0.0671. The van der Waals surface area contributed by atoms with Crippen molar-refractivity contribution in [2.45, 2.75) is 0 Å². The van der Waals surface area contributed by atoms with Gasteiger partial charge in [-0.1, -0.05) is 27.5 Å². The van der Waals surface area contributed by atoms with Crippen LogP contribution in [0.2, 0.25) is 5.02 Å². The number of halogens is 2. The molecule has 0 fully saturated rings. The predicted octanol–water partition coefficient (Wildman–Crippen LogP) is 1.47. The third-order valence-electron chi connectivity index (χ3n) is 1.15. The zero-order chi connectivity index (χ0) is 8.43. The summed E-state index contributed by atoms with van der Waals surface area (Å²) in [6.07, 6.45) is 0. The quantitative estimate of drug-likeness (QED) is 0.738. The van der Waals surface area contributed by atoms with E-state index in [1.165, 1.54) is 6.07 Å². The van der Waals surface area contributed by atoms with Crippen molar-refractivity contribution in [2.24, 2.45) is 0 Å². The molecule has 0 heterocycles. The highest BCUT2D eigenvalue weighted by Gasteiger charge is 2.00. The number of carboxylic acid groups (broad SMARTS) is 1. The lowest BCUT2D eigenvalue weighted by Gasteiger charge is -2.04. The van der Waals surface area contributed by atoms with Gasteiger partial charge in [0, 0.05) is 15.1 Å². The van der Waals surface area contributed by atoms with E-state index in [0.717, 1.165) is 0 Å². The SMILES string of the molecule is O=C([O-])c1cc(Cl)ccc1Br. The molecule has 0 radical (unpaired) electrons. The molecule has 0 aliphatic rings. The van der Waals surface area contributed by atoms with Crippen LogP contribution in [0, 0.1) is 0 Å². The van der Waals surface area contributed by atoms with Gasteiger partial charge in [0.15, 0.2) is 0 Å². The fourth-order valence-corrected chi connectivity index (χ4v) is 1.23. The summed E-state index contributed by atoms with van der Waals surface area (Å²) in [4.78, 5) is 10.4. The number of carbonyl (C=O) groups excluding carboxylic acids is 1. The van der Waals surface area contributed by atoms with Gasteiger partial charge in [-0.25, -0.2) is 0 Å². The number of aromatic carboxylic acids is 1. The van der Waals surface area contributed by atoms with Gasteiger partial charge in [0.1, 0.15) is 0 Å². The predicted molar refractivity (Wildman–Crippen MR) is 43.5 cm³/mol. The largest absolute Gasteiger partial charge is 0.545 e. The number of rotatable bonds is 1. The van der Waals surface area contributed by atoms with Gasteiger partial charge in [0.05, 0.1) is 5.97 Å². The van der Waals surface area contributed by atoms with E-state index in [1.807, 2.05) is 0 Å². The summed E-state index contributed by atoms with van der Waals surface area (Å²) < 4.78 is 0.474. The van der Waals surface area contributed by atoms with Gasteiger partial charge in [-0.05, 0) is 18.2 Å². The Morgan fingerprint density at radius 1 is 1.55 bits per heavy atom. The summed E-state index contributed by atoms with van der Waals surface area (Å²) in [5, 5.41) is 10.8. The van der Waals surface area contributed by atoms with E-state index < -0.39 is 5.97 Å². The summed E-state index contributed by atoms with van der Waals surface area (Å²) >= 11 is 8.60. The summed E-state index contributed by atoms with van der Waals surface area (Å²) in [7, 11) is 0. The van der Waals surface area contributed by atoms with Gasteiger partial charge in [0.25, 0.3) is 0 Å². The topological polar surface area (TPSA) is 40.1 Å². The number of benzene rings is 1. The van der Waals surface area contributed by atoms with Crippen molar-refractivity contribution >= 4 is 33.5 Å². The van der Waals surface area contributed by atoms with Gasteiger partial charge >= 0.3 is 0 Å². The van der Waals surface area contributed by atoms with Gasteiger partial charge in [-0.2, -0.15) is 0 Å². The van der Waals surface area contributed by atoms with Crippen molar-refractivity contribution in [3.8, 4) is 0 Å². The molecule has 0 bridgehead atoms. The molecule has 4 heteroatoms. The lowest BCUT2D eigenvalue weighted by Crippen LogP contribution is -2.22. The molecule has 0 saturated heterocycles. The Hall–Kier alpha value is -0.540. The summed E-state index contributed by atoms with van der Waals surface area (Å²) in [5.74, 6) is -1.24. The maximum Gasteiger partial charge on any atom is 0.0727 e. The second-order valence-electron chi connectivity index (χ2n) is 1.91. The second-order valence-corrected chi connectivity index (χ2v) is 3.20. The molecule has 1 aromatic carbocycles. The van der Waals surface area contributed by atoms with Gasteiger partial charge < -0.3 is 9.90 Å². The monoisotopic (exact) mass is 233 g/mol. The molecule has 2 nitrogen and oxygen atoms in total. The first-order valence-corrected chi connectivity index (χ1v) is 3.95. The van der Waals surface area contributed by atoms with Crippen LogP contribution in [0.15, 0.2) is 22.7 Å². The molecule has 0 aliphatic carbocycles. The van der Waals surface area contributed by atoms with Crippen molar-refractivity contribution in [2.75, 3.05) is 0 Å². The molecule has 0 aliphatic heterocycles. The number of hydrogen-bond donors (Lipinski definition) is 0.